The summed E-state index contributed by atoms with van der Waals surface area (Å²) in [7, 11) is 0. The second-order valence-corrected chi connectivity index (χ2v) is 9.35. The van der Waals surface area contributed by atoms with E-state index in [2.05, 4.69) is 54.7 Å². The number of thioether (sulfide) groups is 1. The van der Waals surface area contributed by atoms with Crippen molar-refractivity contribution in [1.29, 1.82) is 0 Å². The number of hydrogen-bond acceptors (Lipinski definition) is 3. The van der Waals surface area contributed by atoms with Crippen molar-refractivity contribution in [2.24, 2.45) is 4.99 Å². The second kappa shape index (κ2) is 8.23. The third-order valence-corrected chi connectivity index (χ3v) is 6.75. The summed E-state index contributed by atoms with van der Waals surface area (Å²) in [4.78, 5) is 17.9. The summed E-state index contributed by atoms with van der Waals surface area (Å²) >= 11 is 1.42. The Bertz CT molecular complexity index is 989. The van der Waals surface area contributed by atoms with E-state index in [-0.39, 0.29) is 5.91 Å². The summed E-state index contributed by atoms with van der Waals surface area (Å²) < 4.78 is 2.48. The van der Waals surface area contributed by atoms with Crippen LogP contribution in [0.3, 0.4) is 0 Å². The minimum atomic E-state index is -0.0689. The van der Waals surface area contributed by atoms with Crippen LogP contribution < -0.4 is 5.32 Å². The fourth-order valence-corrected chi connectivity index (χ4v) is 5.44. The van der Waals surface area contributed by atoms with Crippen LogP contribution in [0, 0.1) is 27.7 Å². The summed E-state index contributed by atoms with van der Waals surface area (Å²) in [5.74, 6) is -0.0689. The van der Waals surface area contributed by atoms with Gasteiger partial charge in [-0.05, 0) is 93.3 Å². The maximum absolute atomic E-state index is 12.5. The average molecular weight is 408 g/mol. The van der Waals surface area contributed by atoms with E-state index in [0.717, 1.165) is 11.3 Å². The number of benzene rings is 1. The zero-order valence-corrected chi connectivity index (χ0v) is 18.5. The molecule has 1 amide bonds. The fourth-order valence-electron chi connectivity index (χ4n) is 4.60. The lowest BCUT2D eigenvalue weighted by Gasteiger charge is -2.26. The van der Waals surface area contributed by atoms with Crippen molar-refractivity contribution in [2.45, 2.75) is 65.8 Å². The average Bonchev–Trinajstić information content (AvgIpc) is 3.13. The van der Waals surface area contributed by atoms with E-state index < -0.39 is 0 Å². The van der Waals surface area contributed by atoms with Gasteiger partial charge in [0, 0.05) is 17.4 Å². The van der Waals surface area contributed by atoms with E-state index in [1.807, 2.05) is 18.2 Å². The van der Waals surface area contributed by atoms with Crippen molar-refractivity contribution < 1.29 is 4.79 Å². The third-order valence-electron chi connectivity index (χ3n) is 5.84. The lowest BCUT2D eigenvalue weighted by molar-refractivity contribution is -0.115. The van der Waals surface area contributed by atoms with E-state index in [0.29, 0.717) is 16.1 Å². The van der Waals surface area contributed by atoms with Crippen LogP contribution in [0.15, 0.2) is 34.2 Å². The predicted molar refractivity (Wildman–Crippen MR) is 123 cm³/mol. The van der Waals surface area contributed by atoms with Crippen LogP contribution in [0.25, 0.3) is 6.08 Å². The highest BCUT2D eigenvalue weighted by Gasteiger charge is 2.25. The highest BCUT2D eigenvalue weighted by atomic mass is 32.2. The first-order valence-corrected chi connectivity index (χ1v) is 11.3. The molecule has 29 heavy (non-hydrogen) atoms. The molecule has 2 aliphatic rings. The molecule has 2 fully saturated rings. The Morgan fingerprint density at radius 2 is 1.72 bits per heavy atom. The van der Waals surface area contributed by atoms with Crippen LogP contribution in [0.5, 0.6) is 0 Å². The molecule has 2 heterocycles. The summed E-state index contributed by atoms with van der Waals surface area (Å²) in [6, 6.07) is 9.00. The van der Waals surface area contributed by atoms with Crippen LogP contribution in [0.1, 0.15) is 66.2 Å². The van der Waals surface area contributed by atoms with E-state index >= 15 is 0 Å². The Morgan fingerprint density at radius 3 is 2.41 bits per heavy atom. The Balaban J connectivity index is 1.59. The molecule has 1 saturated carbocycles. The number of aryl methyl sites for hydroxylation is 3. The Hall–Kier alpha value is -2.27. The van der Waals surface area contributed by atoms with Crippen molar-refractivity contribution in [3.63, 3.8) is 0 Å². The Labute approximate surface area is 177 Å². The standard InChI is InChI=1S/C24H29N3OS/c1-15-10-16(2)12-20(11-15)25-24-26-23(28)22(29-24)14-19-13-17(3)27(18(19)4)21-8-6-5-7-9-21/h10-14,21H,5-9H2,1-4H3,(H,25,26,28)/b22-14-. The molecule has 0 spiro atoms. The molecule has 0 atom stereocenters. The summed E-state index contributed by atoms with van der Waals surface area (Å²) in [5.41, 5.74) is 6.90. The molecular weight excluding hydrogens is 378 g/mol. The number of carbonyl (C=O) groups is 1. The van der Waals surface area contributed by atoms with Gasteiger partial charge >= 0.3 is 0 Å². The van der Waals surface area contributed by atoms with Crippen LogP contribution in [0.4, 0.5) is 5.69 Å². The molecule has 1 aromatic heterocycles. The van der Waals surface area contributed by atoms with E-state index in [9.17, 15) is 4.79 Å². The number of nitrogens with zero attached hydrogens (tertiary/aromatic N) is 2. The zero-order chi connectivity index (χ0) is 20.5. The number of carbonyl (C=O) groups excluding carboxylic acids is 1. The number of aromatic nitrogens is 1. The molecule has 5 heteroatoms. The lowest BCUT2D eigenvalue weighted by Crippen LogP contribution is -2.19. The first-order chi connectivity index (χ1) is 13.9. The van der Waals surface area contributed by atoms with Gasteiger partial charge in [0.25, 0.3) is 5.91 Å². The van der Waals surface area contributed by atoms with Crippen molar-refractivity contribution >= 4 is 34.6 Å². The SMILES string of the molecule is Cc1cc(C)cc(N=C2NC(=O)/C(=C/c3cc(C)n(C4CCCCC4)c3C)S2)c1. The number of amidine groups is 1. The van der Waals surface area contributed by atoms with Crippen LogP contribution in [0.2, 0.25) is 0 Å². The Morgan fingerprint density at radius 1 is 1.03 bits per heavy atom. The van der Waals surface area contributed by atoms with Crippen LogP contribution >= 0.6 is 11.8 Å². The van der Waals surface area contributed by atoms with Gasteiger partial charge in [-0.2, -0.15) is 0 Å². The van der Waals surface area contributed by atoms with Gasteiger partial charge in [-0.3, -0.25) is 4.79 Å². The normalized spacial score (nSPS) is 20.6. The molecule has 2 aromatic rings. The largest absolute Gasteiger partial charge is 0.346 e. The smallest absolute Gasteiger partial charge is 0.264 e. The molecule has 1 aliphatic carbocycles. The molecule has 0 bridgehead atoms. The number of rotatable bonds is 3. The highest BCUT2D eigenvalue weighted by molar-refractivity contribution is 8.18. The maximum atomic E-state index is 12.5. The first kappa shape index (κ1) is 20.0. The summed E-state index contributed by atoms with van der Waals surface area (Å²) in [6.45, 7) is 8.48. The molecule has 4 nitrogen and oxygen atoms in total. The van der Waals surface area contributed by atoms with Gasteiger partial charge in [-0.15, -0.1) is 0 Å². The monoisotopic (exact) mass is 407 g/mol. The van der Waals surface area contributed by atoms with Gasteiger partial charge < -0.3 is 9.88 Å². The molecule has 4 rings (SSSR count). The van der Waals surface area contributed by atoms with Crippen molar-refractivity contribution in [1.82, 2.24) is 9.88 Å². The van der Waals surface area contributed by atoms with Gasteiger partial charge in [0.2, 0.25) is 0 Å². The Kier molecular flexibility index (Phi) is 5.68. The molecule has 1 saturated heterocycles. The zero-order valence-electron chi connectivity index (χ0n) is 17.7. The van der Waals surface area contributed by atoms with Crippen molar-refractivity contribution in [3.8, 4) is 0 Å². The van der Waals surface area contributed by atoms with Crippen molar-refractivity contribution in [3.05, 3.63) is 57.2 Å². The minimum Gasteiger partial charge on any atom is -0.346 e. The molecule has 1 N–H and O–H groups in total. The van der Waals surface area contributed by atoms with E-state index in [1.54, 1.807) is 0 Å². The summed E-state index contributed by atoms with van der Waals surface area (Å²) in [6.07, 6.45) is 8.52. The summed E-state index contributed by atoms with van der Waals surface area (Å²) in [5, 5.41) is 3.56. The predicted octanol–water partition coefficient (Wildman–Crippen LogP) is 6.12. The number of aliphatic imine (C=N–C) groups is 1. The van der Waals surface area contributed by atoms with Gasteiger partial charge in [-0.25, -0.2) is 4.99 Å². The molecule has 1 aromatic carbocycles. The highest BCUT2D eigenvalue weighted by Crippen LogP contribution is 2.34. The topological polar surface area (TPSA) is 46.4 Å². The van der Waals surface area contributed by atoms with E-state index in [4.69, 9.17) is 0 Å². The molecule has 1 aliphatic heterocycles. The number of amides is 1. The van der Waals surface area contributed by atoms with Gasteiger partial charge in [-0.1, -0.05) is 25.3 Å². The third kappa shape index (κ3) is 4.35. The van der Waals surface area contributed by atoms with Gasteiger partial charge in [0.15, 0.2) is 5.17 Å². The maximum Gasteiger partial charge on any atom is 0.264 e. The van der Waals surface area contributed by atoms with Crippen LogP contribution in [-0.4, -0.2) is 15.6 Å². The second-order valence-electron chi connectivity index (χ2n) is 8.32. The van der Waals surface area contributed by atoms with E-state index in [1.165, 1.54) is 66.4 Å². The quantitative estimate of drug-likeness (QED) is 0.623. The molecule has 152 valence electrons. The number of nitrogens with one attached hydrogen (secondary N) is 1. The molecular formula is C24H29N3OS. The molecule has 0 unspecified atom stereocenters. The van der Waals surface area contributed by atoms with Crippen molar-refractivity contribution in [2.75, 3.05) is 0 Å². The van der Waals surface area contributed by atoms with Crippen LogP contribution in [-0.2, 0) is 4.79 Å². The fraction of sp³-hybridized carbons (Fsp3) is 0.417. The number of hydrogen-bond donors (Lipinski definition) is 1. The van der Waals surface area contributed by atoms with Gasteiger partial charge in [0.05, 0.1) is 10.6 Å². The minimum absolute atomic E-state index is 0.0689. The molecule has 0 radical (unpaired) electrons. The first-order valence-electron chi connectivity index (χ1n) is 10.5. The van der Waals surface area contributed by atoms with Gasteiger partial charge in [0.1, 0.15) is 0 Å². The lowest BCUT2D eigenvalue weighted by atomic mass is 9.95.